The molecule has 0 saturated carbocycles. The van der Waals surface area contributed by atoms with Crippen LogP contribution in [0.1, 0.15) is 21.5 Å². The Bertz CT molecular complexity index is 594. The van der Waals surface area contributed by atoms with Gasteiger partial charge in [-0.1, -0.05) is 41.4 Å². The Morgan fingerprint density at radius 2 is 1.89 bits per heavy atom. The minimum absolute atomic E-state index is 0.222. The van der Waals surface area contributed by atoms with Gasteiger partial charge in [0.2, 0.25) is 0 Å². The molecule has 2 aromatic rings. The van der Waals surface area contributed by atoms with E-state index >= 15 is 0 Å². The molecule has 0 aliphatic carbocycles. The summed E-state index contributed by atoms with van der Waals surface area (Å²) in [4.78, 5) is 12.0. The van der Waals surface area contributed by atoms with Crippen molar-refractivity contribution < 1.29 is 4.79 Å². The van der Waals surface area contributed by atoms with E-state index in [-0.39, 0.29) is 5.91 Å². The van der Waals surface area contributed by atoms with E-state index in [1.807, 2.05) is 31.2 Å². The molecule has 0 bridgehead atoms. The molecule has 1 amide bonds. The molecule has 4 heteroatoms. The van der Waals surface area contributed by atoms with E-state index in [1.54, 1.807) is 18.2 Å². The fourth-order valence-electron chi connectivity index (χ4n) is 1.71. The second kappa shape index (κ2) is 5.76. The summed E-state index contributed by atoms with van der Waals surface area (Å²) in [6, 6.07) is 12.8. The fraction of sp³-hybridized carbons (Fsp3) is 0.133. The number of benzene rings is 2. The molecule has 0 saturated heterocycles. The zero-order chi connectivity index (χ0) is 13.8. The molecular formula is C15H15ClN2O. The molecular weight excluding hydrogens is 260 g/mol. The smallest absolute Gasteiger partial charge is 0.253 e. The van der Waals surface area contributed by atoms with E-state index < -0.39 is 0 Å². The van der Waals surface area contributed by atoms with Crippen LogP contribution in [0.2, 0.25) is 5.02 Å². The van der Waals surface area contributed by atoms with E-state index in [1.165, 1.54) is 5.56 Å². The Hall–Kier alpha value is -2.00. The van der Waals surface area contributed by atoms with Crippen molar-refractivity contribution in [2.24, 2.45) is 0 Å². The first-order valence-corrected chi connectivity index (χ1v) is 6.33. The van der Waals surface area contributed by atoms with Crippen LogP contribution in [0.15, 0.2) is 42.5 Å². The zero-order valence-electron chi connectivity index (χ0n) is 10.6. The van der Waals surface area contributed by atoms with E-state index in [4.69, 9.17) is 17.3 Å². The molecule has 98 valence electrons. The van der Waals surface area contributed by atoms with Crippen molar-refractivity contribution in [1.29, 1.82) is 0 Å². The normalized spacial score (nSPS) is 10.2. The molecule has 3 nitrogen and oxygen atoms in total. The Labute approximate surface area is 117 Å². The van der Waals surface area contributed by atoms with Crippen molar-refractivity contribution in [3.63, 3.8) is 0 Å². The molecule has 0 atom stereocenters. The standard InChI is InChI=1S/C15H15ClN2O/c1-10-2-4-11(5-3-10)9-18-15(19)13-8-12(16)6-7-14(13)17/h2-8H,9,17H2,1H3,(H,18,19). The molecule has 0 fully saturated rings. The van der Waals surface area contributed by atoms with E-state index in [0.717, 1.165) is 5.56 Å². The van der Waals surface area contributed by atoms with Crippen LogP contribution < -0.4 is 11.1 Å². The molecule has 3 N–H and O–H groups in total. The molecule has 2 aromatic carbocycles. The van der Waals surface area contributed by atoms with Crippen LogP contribution in [-0.2, 0) is 6.54 Å². The Morgan fingerprint density at radius 3 is 2.58 bits per heavy atom. The molecule has 0 radical (unpaired) electrons. The van der Waals surface area contributed by atoms with Crippen molar-refractivity contribution in [1.82, 2.24) is 5.32 Å². The van der Waals surface area contributed by atoms with Gasteiger partial charge >= 0.3 is 0 Å². The fourth-order valence-corrected chi connectivity index (χ4v) is 1.88. The number of nitrogen functional groups attached to an aromatic ring is 1. The quantitative estimate of drug-likeness (QED) is 0.845. The number of nitrogens with one attached hydrogen (secondary N) is 1. The van der Waals surface area contributed by atoms with Gasteiger partial charge in [0.05, 0.1) is 5.56 Å². The third kappa shape index (κ3) is 3.48. The van der Waals surface area contributed by atoms with Crippen LogP contribution in [0.5, 0.6) is 0 Å². The van der Waals surface area contributed by atoms with Gasteiger partial charge in [0.15, 0.2) is 0 Å². The topological polar surface area (TPSA) is 55.1 Å². The number of halogens is 1. The number of hydrogen-bond acceptors (Lipinski definition) is 2. The highest BCUT2D eigenvalue weighted by molar-refractivity contribution is 6.31. The van der Waals surface area contributed by atoms with Gasteiger partial charge < -0.3 is 11.1 Å². The summed E-state index contributed by atoms with van der Waals surface area (Å²) >= 11 is 5.86. The van der Waals surface area contributed by atoms with Crippen LogP contribution in [0.4, 0.5) is 5.69 Å². The first kappa shape index (κ1) is 13.4. The lowest BCUT2D eigenvalue weighted by molar-refractivity contribution is 0.0952. The Morgan fingerprint density at radius 1 is 1.21 bits per heavy atom. The molecule has 2 rings (SSSR count). The van der Waals surface area contributed by atoms with Crippen molar-refractivity contribution >= 4 is 23.2 Å². The SMILES string of the molecule is Cc1ccc(CNC(=O)c2cc(Cl)ccc2N)cc1. The van der Waals surface area contributed by atoms with Crippen molar-refractivity contribution in [2.75, 3.05) is 5.73 Å². The van der Waals surface area contributed by atoms with Crippen molar-refractivity contribution in [3.8, 4) is 0 Å². The number of carbonyl (C=O) groups is 1. The monoisotopic (exact) mass is 274 g/mol. The third-order valence-electron chi connectivity index (χ3n) is 2.83. The summed E-state index contributed by atoms with van der Waals surface area (Å²) in [6.45, 7) is 2.49. The van der Waals surface area contributed by atoms with Crippen molar-refractivity contribution in [2.45, 2.75) is 13.5 Å². The maximum atomic E-state index is 12.0. The summed E-state index contributed by atoms with van der Waals surface area (Å²) in [5.41, 5.74) is 8.81. The minimum atomic E-state index is -0.222. The van der Waals surface area contributed by atoms with Gasteiger partial charge in [-0.15, -0.1) is 0 Å². The summed E-state index contributed by atoms with van der Waals surface area (Å²) in [5, 5.41) is 3.32. The van der Waals surface area contributed by atoms with Gasteiger partial charge in [-0.05, 0) is 30.7 Å². The van der Waals surface area contributed by atoms with Crippen LogP contribution in [0.3, 0.4) is 0 Å². The van der Waals surface area contributed by atoms with Gasteiger partial charge in [-0.2, -0.15) is 0 Å². The number of amides is 1. The van der Waals surface area contributed by atoms with E-state index in [0.29, 0.717) is 22.8 Å². The Kier molecular flexibility index (Phi) is 4.07. The first-order valence-electron chi connectivity index (χ1n) is 5.95. The lowest BCUT2D eigenvalue weighted by Crippen LogP contribution is -2.23. The molecule has 0 unspecified atom stereocenters. The highest BCUT2D eigenvalue weighted by Gasteiger charge is 2.09. The highest BCUT2D eigenvalue weighted by atomic mass is 35.5. The predicted molar refractivity (Wildman–Crippen MR) is 78.2 cm³/mol. The largest absolute Gasteiger partial charge is 0.398 e. The molecule has 0 heterocycles. The van der Waals surface area contributed by atoms with Gasteiger partial charge in [-0.25, -0.2) is 0 Å². The maximum Gasteiger partial charge on any atom is 0.253 e. The van der Waals surface area contributed by atoms with E-state index in [2.05, 4.69) is 5.32 Å². The van der Waals surface area contributed by atoms with Crippen LogP contribution in [-0.4, -0.2) is 5.91 Å². The van der Waals surface area contributed by atoms with Crippen LogP contribution in [0, 0.1) is 6.92 Å². The van der Waals surface area contributed by atoms with E-state index in [9.17, 15) is 4.79 Å². The predicted octanol–water partition coefficient (Wildman–Crippen LogP) is 3.16. The number of hydrogen-bond donors (Lipinski definition) is 2. The summed E-state index contributed by atoms with van der Waals surface area (Å²) in [6.07, 6.45) is 0. The molecule has 0 aliphatic heterocycles. The summed E-state index contributed by atoms with van der Waals surface area (Å²) in [5.74, 6) is -0.222. The molecule has 19 heavy (non-hydrogen) atoms. The first-order chi connectivity index (χ1) is 9.06. The second-order valence-corrected chi connectivity index (χ2v) is 4.84. The average Bonchev–Trinajstić information content (AvgIpc) is 2.40. The number of nitrogens with two attached hydrogens (primary N) is 1. The number of aryl methyl sites for hydroxylation is 1. The highest BCUT2D eigenvalue weighted by Crippen LogP contribution is 2.17. The van der Waals surface area contributed by atoms with Crippen LogP contribution >= 0.6 is 11.6 Å². The van der Waals surface area contributed by atoms with Crippen molar-refractivity contribution in [3.05, 3.63) is 64.2 Å². The minimum Gasteiger partial charge on any atom is -0.398 e. The maximum absolute atomic E-state index is 12.0. The van der Waals surface area contributed by atoms with Gasteiger partial charge in [-0.3, -0.25) is 4.79 Å². The van der Waals surface area contributed by atoms with Gasteiger partial charge in [0.25, 0.3) is 5.91 Å². The number of anilines is 1. The molecule has 0 spiro atoms. The number of rotatable bonds is 3. The molecule has 0 aromatic heterocycles. The summed E-state index contributed by atoms with van der Waals surface area (Å²) in [7, 11) is 0. The average molecular weight is 275 g/mol. The lowest BCUT2D eigenvalue weighted by Gasteiger charge is -2.08. The molecule has 0 aliphatic rings. The van der Waals surface area contributed by atoms with Gasteiger partial charge in [0.1, 0.15) is 0 Å². The second-order valence-electron chi connectivity index (χ2n) is 4.40. The van der Waals surface area contributed by atoms with Gasteiger partial charge in [0, 0.05) is 17.3 Å². The third-order valence-corrected chi connectivity index (χ3v) is 3.07. The Balaban J connectivity index is 2.05. The lowest BCUT2D eigenvalue weighted by atomic mass is 10.1. The number of carbonyl (C=O) groups excluding carboxylic acids is 1. The zero-order valence-corrected chi connectivity index (χ0v) is 11.4. The van der Waals surface area contributed by atoms with Crippen LogP contribution in [0.25, 0.3) is 0 Å². The summed E-state index contributed by atoms with van der Waals surface area (Å²) < 4.78 is 0.